The normalized spacial score (nSPS) is 10.6. The quantitative estimate of drug-likeness (QED) is 0.0579. The number of carboxylic acid groups (broad SMARTS) is 2. The predicted molar refractivity (Wildman–Crippen MR) is 179 cm³/mol. The Hall–Kier alpha value is -0.261. The van der Waals surface area contributed by atoms with Crippen molar-refractivity contribution in [3.8, 4) is 0 Å². The standard InChI is InChI=1S/2C12H24O2.3C4H9.Sn/c2*1-2-3-4-5-6-7-8-9-10-11-12(13)14;3*1-3-4-2;/h2*2-11H2,1H3,(H,13,14);3*1,3-4H2,2H3;/q;;;;;+2/p-2. The fourth-order valence-electron chi connectivity index (χ4n) is 4.82. The summed E-state index contributed by atoms with van der Waals surface area (Å²) in [6, 6.07) is 0. The van der Waals surface area contributed by atoms with E-state index in [-0.39, 0.29) is 12.8 Å². The summed E-state index contributed by atoms with van der Waals surface area (Å²) in [7, 11) is 0. The van der Waals surface area contributed by atoms with E-state index in [0.717, 1.165) is 25.7 Å². The molecule has 0 saturated heterocycles. The van der Waals surface area contributed by atoms with Gasteiger partial charge in [-0.05, 0) is 25.7 Å². The monoisotopic (exact) mass is 689 g/mol. The summed E-state index contributed by atoms with van der Waals surface area (Å²) in [5, 5.41) is 20.2. The van der Waals surface area contributed by atoms with Gasteiger partial charge in [-0.2, -0.15) is 0 Å². The van der Waals surface area contributed by atoms with E-state index in [2.05, 4.69) is 34.6 Å². The minimum absolute atomic E-state index is 0.232. The SMILES string of the molecule is CCCCCCCCCCCC(=O)[O-].CCCCCCCCCCCC(=O)[O-].CCC[CH2][Sn+2]([CH2]CCC)[CH2]CCC. The van der Waals surface area contributed by atoms with Crippen LogP contribution in [0.5, 0.6) is 0 Å². The van der Waals surface area contributed by atoms with Crippen molar-refractivity contribution in [2.75, 3.05) is 0 Å². The molecule has 4 nitrogen and oxygen atoms in total. The van der Waals surface area contributed by atoms with Crippen LogP contribution in [0.2, 0.25) is 13.3 Å². The summed E-state index contributed by atoms with van der Waals surface area (Å²) in [6.07, 6.45) is 31.2. The van der Waals surface area contributed by atoms with E-state index in [1.54, 1.807) is 13.3 Å². The van der Waals surface area contributed by atoms with Crippen molar-refractivity contribution < 1.29 is 19.8 Å². The summed E-state index contributed by atoms with van der Waals surface area (Å²) < 4.78 is 5.04. The molecule has 0 N–H and O–H groups in total. The van der Waals surface area contributed by atoms with E-state index < -0.39 is 31.7 Å². The first-order chi connectivity index (χ1) is 19.9. The maximum atomic E-state index is 10.1. The molecule has 0 atom stereocenters. The van der Waals surface area contributed by atoms with Crippen LogP contribution in [0.3, 0.4) is 0 Å². The topological polar surface area (TPSA) is 80.3 Å². The Morgan fingerprint density at radius 1 is 0.366 bits per heavy atom. The van der Waals surface area contributed by atoms with Crippen LogP contribution in [0.25, 0.3) is 0 Å². The summed E-state index contributed by atoms with van der Waals surface area (Å²) in [4.78, 5) is 20.2. The Labute approximate surface area is 265 Å². The van der Waals surface area contributed by atoms with Crippen LogP contribution in [0, 0.1) is 0 Å². The van der Waals surface area contributed by atoms with Crippen molar-refractivity contribution in [3.05, 3.63) is 0 Å². The van der Waals surface area contributed by atoms with Crippen LogP contribution in [-0.4, -0.2) is 31.7 Å². The second-order valence-corrected chi connectivity index (χ2v) is 20.5. The summed E-state index contributed by atoms with van der Waals surface area (Å²) in [5.74, 6) is -1.82. The van der Waals surface area contributed by atoms with Gasteiger partial charge in [0.2, 0.25) is 0 Å². The second-order valence-electron chi connectivity index (χ2n) is 12.0. The van der Waals surface area contributed by atoms with E-state index in [9.17, 15) is 19.8 Å². The third-order valence-corrected chi connectivity index (χ3v) is 16.7. The van der Waals surface area contributed by atoms with Crippen LogP contribution in [0.15, 0.2) is 0 Å². The van der Waals surface area contributed by atoms with E-state index in [1.165, 1.54) is 128 Å². The van der Waals surface area contributed by atoms with Gasteiger partial charge in [-0.15, -0.1) is 0 Å². The fourth-order valence-corrected chi connectivity index (χ4v) is 14.3. The number of carbonyl (C=O) groups excluding carboxylic acids is 2. The Morgan fingerprint density at radius 3 is 0.805 bits per heavy atom. The number of hydrogen-bond donors (Lipinski definition) is 0. The number of carboxylic acids is 2. The molecule has 0 aromatic carbocycles. The van der Waals surface area contributed by atoms with Gasteiger partial charge >= 0.3 is 92.4 Å². The van der Waals surface area contributed by atoms with Crippen LogP contribution in [-0.2, 0) is 9.59 Å². The molecule has 3 radical (unpaired) electrons. The first-order valence-corrected chi connectivity index (χ1v) is 24.2. The second kappa shape index (κ2) is 41.9. The number of carbonyl (C=O) groups is 2. The number of hydrogen-bond acceptors (Lipinski definition) is 4. The molecule has 0 aromatic rings. The van der Waals surface area contributed by atoms with Crippen molar-refractivity contribution in [2.24, 2.45) is 0 Å². The third-order valence-electron chi connectivity index (χ3n) is 7.62. The fraction of sp³-hybridized carbons (Fsp3) is 0.944. The summed E-state index contributed by atoms with van der Waals surface area (Å²) in [5.41, 5.74) is 0. The summed E-state index contributed by atoms with van der Waals surface area (Å²) in [6.45, 7) is 11.4. The molecule has 0 unspecified atom stereocenters. The van der Waals surface area contributed by atoms with Gasteiger partial charge in [0.05, 0.1) is 0 Å². The van der Waals surface area contributed by atoms with Gasteiger partial charge in [0.1, 0.15) is 0 Å². The molecule has 0 fully saturated rings. The maximum absolute atomic E-state index is 10.1. The molecule has 0 heterocycles. The third kappa shape index (κ3) is 49.7. The molecule has 245 valence electrons. The van der Waals surface area contributed by atoms with Gasteiger partial charge in [-0.1, -0.05) is 117 Å². The van der Waals surface area contributed by atoms with Crippen LogP contribution >= 0.6 is 0 Å². The molecule has 0 rings (SSSR count). The Kier molecular flexibility index (Phi) is 46.1. The van der Waals surface area contributed by atoms with Gasteiger partial charge < -0.3 is 19.8 Å². The van der Waals surface area contributed by atoms with Gasteiger partial charge in [-0.3, -0.25) is 0 Å². The number of rotatable bonds is 29. The molecule has 0 amide bonds. The molecular formula is C36H73O4Sn. The zero-order valence-electron chi connectivity index (χ0n) is 28.6. The molecular weight excluding hydrogens is 615 g/mol. The molecule has 0 spiro atoms. The molecule has 0 aliphatic rings. The van der Waals surface area contributed by atoms with Crippen LogP contribution in [0.4, 0.5) is 0 Å². The van der Waals surface area contributed by atoms with Crippen molar-refractivity contribution in [1.82, 2.24) is 0 Å². The van der Waals surface area contributed by atoms with Gasteiger partial charge in [0.15, 0.2) is 0 Å². The molecule has 0 aromatic heterocycles. The molecule has 5 heteroatoms. The zero-order chi connectivity index (χ0) is 31.2. The molecule has 0 saturated carbocycles. The van der Waals surface area contributed by atoms with Gasteiger partial charge in [-0.25, -0.2) is 0 Å². The number of unbranched alkanes of at least 4 members (excludes halogenated alkanes) is 19. The Bertz CT molecular complexity index is 447. The Balaban J connectivity index is -0.000000529. The average Bonchev–Trinajstić information content (AvgIpc) is 2.95. The molecule has 0 bridgehead atoms. The minimum atomic E-state index is -0.909. The molecule has 0 aliphatic heterocycles. The van der Waals surface area contributed by atoms with Gasteiger partial charge in [0.25, 0.3) is 0 Å². The Morgan fingerprint density at radius 2 is 0.585 bits per heavy atom. The first-order valence-electron chi connectivity index (χ1n) is 18.1. The summed E-state index contributed by atoms with van der Waals surface area (Å²) >= 11 is -0.839. The predicted octanol–water partition coefficient (Wildman–Crippen LogP) is 10.2. The zero-order valence-corrected chi connectivity index (χ0v) is 31.5. The molecule has 41 heavy (non-hydrogen) atoms. The van der Waals surface area contributed by atoms with E-state index in [1.807, 2.05) is 0 Å². The van der Waals surface area contributed by atoms with Crippen molar-refractivity contribution in [1.29, 1.82) is 0 Å². The van der Waals surface area contributed by atoms with E-state index in [4.69, 9.17) is 0 Å². The van der Waals surface area contributed by atoms with Crippen molar-refractivity contribution >= 4 is 31.7 Å². The van der Waals surface area contributed by atoms with E-state index in [0.29, 0.717) is 0 Å². The molecule has 0 aliphatic carbocycles. The van der Waals surface area contributed by atoms with Crippen LogP contribution < -0.4 is 10.2 Å². The van der Waals surface area contributed by atoms with Crippen LogP contribution in [0.1, 0.15) is 202 Å². The average molecular weight is 689 g/mol. The van der Waals surface area contributed by atoms with Gasteiger partial charge in [0, 0.05) is 11.9 Å². The van der Waals surface area contributed by atoms with Crippen molar-refractivity contribution in [2.45, 2.75) is 215 Å². The first kappa shape index (κ1) is 45.2. The van der Waals surface area contributed by atoms with Crippen molar-refractivity contribution in [3.63, 3.8) is 0 Å². The number of aliphatic carboxylic acids is 2. The van der Waals surface area contributed by atoms with E-state index >= 15 is 0 Å².